The minimum absolute atomic E-state index is 0.454. The molecule has 0 N–H and O–H groups in total. The van der Waals surface area contributed by atoms with Crippen molar-refractivity contribution in [3.63, 3.8) is 0 Å². The van der Waals surface area contributed by atoms with E-state index in [0.717, 1.165) is 19.4 Å². The fourth-order valence-electron chi connectivity index (χ4n) is 3.77. The molecule has 0 aliphatic heterocycles. The Morgan fingerprint density at radius 1 is 0.815 bits per heavy atom. The summed E-state index contributed by atoms with van der Waals surface area (Å²) in [6.07, 6.45) is 12.7. The van der Waals surface area contributed by atoms with Crippen LogP contribution in [-0.4, -0.2) is 9.55 Å². The number of benzene rings is 2. The highest BCUT2D eigenvalue weighted by Crippen LogP contribution is 2.25. The van der Waals surface area contributed by atoms with E-state index in [9.17, 15) is 0 Å². The van der Waals surface area contributed by atoms with Gasteiger partial charge in [0.2, 0.25) is 0 Å². The molecule has 0 fully saturated rings. The van der Waals surface area contributed by atoms with E-state index in [4.69, 9.17) is 4.98 Å². The Hall–Kier alpha value is -2.35. The maximum Gasteiger partial charge on any atom is 0.109 e. The van der Waals surface area contributed by atoms with Gasteiger partial charge in [0.25, 0.3) is 0 Å². The highest BCUT2D eigenvalue weighted by atomic mass is 15.1. The molecule has 0 amide bonds. The number of nitrogens with zero attached hydrogens (tertiary/aromatic N) is 2. The number of hydrogen-bond donors (Lipinski definition) is 0. The largest absolute Gasteiger partial charge is 0.335 e. The Morgan fingerprint density at radius 2 is 1.52 bits per heavy atom. The quantitative estimate of drug-likeness (QED) is 0.361. The number of rotatable bonds is 11. The average molecular weight is 361 g/mol. The molecule has 2 nitrogen and oxygen atoms in total. The molecule has 0 aliphatic rings. The van der Waals surface area contributed by atoms with Gasteiger partial charge >= 0.3 is 0 Å². The zero-order valence-electron chi connectivity index (χ0n) is 16.6. The van der Waals surface area contributed by atoms with Crippen LogP contribution in [0, 0.1) is 0 Å². The van der Waals surface area contributed by atoms with Gasteiger partial charge in [0.15, 0.2) is 0 Å². The van der Waals surface area contributed by atoms with Crippen molar-refractivity contribution >= 4 is 0 Å². The first kappa shape index (κ1) is 19.4. The van der Waals surface area contributed by atoms with Gasteiger partial charge in [-0.3, -0.25) is 0 Å². The molecule has 1 unspecified atom stereocenters. The lowest BCUT2D eigenvalue weighted by molar-refractivity contribution is 0.539. The normalized spacial score (nSPS) is 12.2. The summed E-state index contributed by atoms with van der Waals surface area (Å²) in [5.74, 6) is 1.67. The second kappa shape index (κ2) is 10.7. The van der Waals surface area contributed by atoms with Crippen molar-refractivity contribution in [1.82, 2.24) is 9.55 Å². The van der Waals surface area contributed by atoms with Gasteiger partial charge < -0.3 is 4.57 Å². The van der Waals surface area contributed by atoms with E-state index in [1.54, 1.807) is 0 Å². The molecule has 1 aromatic heterocycles. The molecule has 0 saturated heterocycles. The smallest absolute Gasteiger partial charge is 0.109 e. The van der Waals surface area contributed by atoms with Crippen molar-refractivity contribution in [2.24, 2.45) is 0 Å². The predicted octanol–water partition coefficient (Wildman–Crippen LogP) is 6.42. The molecule has 0 radical (unpaired) electrons. The molecule has 0 spiro atoms. The third-order valence-corrected chi connectivity index (χ3v) is 5.33. The molecule has 1 heterocycles. The zero-order valence-corrected chi connectivity index (χ0v) is 16.6. The van der Waals surface area contributed by atoms with Crippen LogP contribution >= 0.6 is 0 Å². The SMILES string of the molecule is CCCCCCCn1ccnc1CC(Cc1ccccc1)c1ccccc1. The van der Waals surface area contributed by atoms with Crippen LogP contribution in [0.3, 0.4) is 0 Å². The molecule has 0 aliphatic carbocycles. The van der Waals surface area contributed by atoms with Crippen LogP contribution < -0.4 is 0 Å². The number of aromatic nitrogens is 2. The highest BCUT2D eigenvalue weighted by molar-refractivity contribution is 5.25. The van der Waals surface area contributed by atoms with Gasteiger partial charge in [0.1, 0.15) is 5.82 Å². The second-order valence-corrected chi connectivity index (χ2v) is 7.45. The van der Waals surface area contributed by atoms with Crippen LogP contribution in [0.1, 0.15) is 61.9 Å². The standard InChI is InChI=1S/C25H32N2/c1-2-3-4-5-12-18-27-19-17-26-25(27)21-24(23-15-10-7-11-16-23)20-22-13-8-6-9-14-22/h6-11,13-17,19,24H,2-5,12,18,20-21H2,1H3. The molecule has 0 bridgehead atoms. The number of aryl methyl sites for hydroxylation is 1. The van der Waals surface area contributed by atoms with Gasteiger partial charge in [0.05, 0.1) is 0 Å². The topological polar surface area (TPSA) is 17.8 Å². The minimum Gasteiger partial charge on any atom is -0.335 e. The number of unbranched alkanes of at least 4 members (excludes halogenated alkanes) is 4. The van der Waals surface area contributed by atoms with Gasteiger partial charge in [-0.2, -0.15) is 0 Å². The van der Waals surface area contributed by atoms with Gasteiger partial charge in [-0.1, -0.05) is 93.3 Å². The third kappa shape index (κ3) is 6.09. The van der Waals surface area contributed by atoms with Crippen LogP contribution in [-0.2, 0) is 19.4 Å². The maximum atomic E-state index is 4.70. The zero-order chi connectivity index (χ0) is 18.7. The Balaban J connectivity index is 1.68. The summed E-state index contributed by atoms with van der Waals surface area (Å²) in [7, 11) is 0. The Morgan fingerprint density at radius 3 is 2.26 bits per heavy atom. The summed E-state index contributed by atoms with van der Waals surface area (Å²) in [6.45, 7) is 3.36. The third-order valence-electron chi connectivity index (χ3n) is 5.33. The van der Waals surface area contributed by atoms with Crippen molar-refractivity contribution in [3.05, 3.63) is 90.0 Å². The fourth-order valence-corrected chi connectivity index (χ4v) is 3.77. The molecule has 2 heteroatoms. The number of imidazole rings is 1. The monoisotopic (exact) mass is 360 g/mol. The molecular weight excluding hydrogens is 328 g/mol. The Labute approximate surface area is 164 Å². The first-order valence-corrected chi connectivity index (χ1v) is 10.5. The van der Waals surface area contributed by atoms with Crippen molar-refractivity contribution in [1.29, 1.82) is 0 Å². The van der Waals surface area contributed by atoms with E-state index >= 15 is 0 Å². The molecule has 142 valence electrons. The van der Waals surface area contributed by atoms with Crippen LogP contribution in [0.2, 0.25) is 0 Å². The molecule has 3 rings (SSSR count). The van der Waals surface area contributed by atoms with Gasteiger partial charge in [0, 0.05) is 25.4 Å². The first-order chi connectivity index (χ1) is 13.4. The summed E-state index contributed by atoms with van der Waals surface area (Å²) in [4.78, 5) is 4.70. The lowest BCUT2D eigenvalue weighted by Gasteiger charge is -2.18. The molecule has 1 atom stereocenters. The van der Waals surface area contributed by atoms with E-state index in [1.165, 1.54) is 49.1 Å². The summed E-state index contributed by atoms with van der Waals surface area (Å²) in [6, 6.07) is 21.7. The van der Waals surface area contributed by atoms with E-state index < -0.39 is 0 Å². The maximum absolute atomic E-state index is 4.70. The summed E-state index contributed by atoms with van der Waals surface area (Å²) >= 11 is 0. The van der Waals surface area contributed by atoms with Crippen molar-refractivity contribution in [2.75, 3.05) is 0 Å². The van der Waals surface area contributed by atoms with Gasteiger partial charge in [-0.05, 0) is 29.9 Å². The molecule has 2 aromatic carbocycles. The fraction of sp³-hybridized carbons (Fsp3) is 0.400. The highest BCUT2D eigenvalue weighted by Gasteiger charge is 2.16. The Bertz CT molecular complexity index is 761. The van der Waals surface area contributed by atoms with Crippen molar-refractivity contribution in [3.8, 4) is 0 Å². The van der Waals surface area contributed by atoms with E-state index in [1.807, 2.05) is 6.20 Å². The van der Waals surface area contributed by atoms with Crippen molar-refractivity contribution in [2.45, 2.75) is 64.3 Å². The van der Waals surface area contributed by atoms with Gasteiger partial charge in [-0.25, -0.2) is 4.98 Å². The molecule has 27 heavy (non-hydrogen) atoms. The predicted molar refractivity (Wildman–Crippen MR) is 114 cm³/mol. The van der Waals surface area contributed by atoms with Crippen LogP contribution in [0.25, 0.3) is 0 Å². The van der Waals surface area contributed by atoms with E-state index in [0.29, 0.717) is 5.92 Å². The minimum atomic E-state index is 0.454. The summed E-state index contributed by atoms with van der Waals surface area (Å²) in [5.41, 5.74) is 2.79. The van der Waals surface area contributed by atoms with Crippen LogP contribution in [0.4, 0.5) is 0 Å². The molecular formula is C25H32N2. The lowest BCUT2D eigenvalue weighted by Crippen LogP contribution is -2.12. The summed E-state index contributed by atoms with van der Waals surface area (Å²) in [5, 5.41) is 0. The average Bonchev–Trinajstić information content (AvgIpc) is 3.16. The lowest BCUT2D eigenvalue weighted by atomic mass is 9.89. The van der Waals surface area contributed by atoms with Crippen LogP contribution in [0.5, 0.6) is 0 Å². The van der Waals surface area contributed by atoms with Crippen LogP contribution in [0.15, 0.2) is 73.1 Å². The Kier molecular flexibility index (Phi) is 7.70. The molecule has 3 aromatic rings. The second-order valence-electron chi connectivity index (χ2n) is 7.45. The molecule has 0 saturated carbocycles. The van der Waals surface area contributed by atoms with Gasteiger partial charge in [-0.15, -0.1) is 0 Å². The number of hydrogen-bond acceptors (Lipinski definition) is 1. The van der Waals surface area contributed by atoms with E-state index in [-0.39, 0.29) is 0 Å². The summed E-state index contributed by atoms with van der Waals surface area (Å²) < 4.78 is 2.37. The van der Waals surface area contributed by atoms with Crippen molar-refractivity contribution < 1.29 is 0 Å². The van der Waals surface area contributed by atoms with E-state index in [2.05, 4.69) is 78.4 Å². The first-order valence-electron chi connectivity index (χ1n) is 10.5.